The van der Waals surface area contributed by atoms with E-state index < -0.39 is 0 Å². The van der Waals surface area contributed by atoms with Crippen molar-refractivity contribution in [3.05, 3.63) is 47.3 Å². The molecule has 0 bridgehead atoms. The fourth-order valence-electron chi connectivity index (χ4n) is 1.79. The number of nitrogens with one attached hydrogen (secondary N) is 2. The zero-order chi connectivity index (χ0) is 15.4. The SMILES string of the molecule is Cc1ccc(C(=O)NC[C@@H](C)NC(=O)c2ccc(C)o2)o1. The predicted octanol–water partition coefficient (Wildman–Crippen LogP) is 2.04. The van der Waals surface area contributed by atoms with Gasteiger partial charge in [0.15, 0.2) is 11.5 Å². The Morgan fingerprint density at radius 3 is 2.00 bits per heavy atom. The predicted molar refractivity (Wildman–Crippen MR) is 76.2 cm³/mol. The Morgan fingerprint density at radius 1 is 1.00 bits per heavy atom. The normalized spacial score (nSPS) is 12.0. The summed E-state index contributed by atoms with van der Waals surface area (Å²) in [6.07, 6.45) is 0. The summed E-state index contributed by atoms with van der Waals surface area (Å²) in [7, 11) is 0. The molecular weight excluding hydrogens is 272 g/mol. The van der Waals surface area contributed by atoms with E-state index in [1.54, 1.807) is 45.0 Å². The molecule has 0 fully saturated rings. The average Bonchev–Trinajstić information content (AvgIpc) is 3.04. The van der Waals surface area contributed by atoms with Crippen LogP contribution < -0.4 is 10.6 Å². The molecule has 0 aromatic carbocycles. The Morgan fingerprint density at radius 2 is 1.52 bits per heavy atom. The zero-order valence-electron chi connectivity index (χ0n) is 12.2. The molecule has 0 saturated carbocycles. The van der Waals surface area contributed by atoms with Crippen LogP contribution in [-0.4, -0.2) is 24.4 Å². The summed E-state index contributed by atoms with van der Waals surface area (Å²) in [5.41, 5.74) is 0. The minimum Gasteiger partial charge on any atom is -0.456 e. The fraction of sp³-hybridized carbons (Fsp3) is 0.333. The molecule has 2 rings (SSSR count). The van der Waals surface area contributed by atoms with Crippen LogP contribution in [0.15, 0.2) is 33.1 Å². The molecule has 6 heteroatoms. The molecule has 2 N–H and O–H groups in total. The van der Waals surface area contributed by atoms with Crippen LogP contribution >= 0.6 is 0 Å². The van der Waals surface area contributed by atoms with Crippen molar-refractivity contribution in [3.63, 3.8) is 0 Å². The second-order valence-electron chi connectivity index (χ2n) is 4.91. The van der Waals surface area contributed by atoms with E-state index >= 15 is 0 Å². The molecule has 2 aromatic heterocycles. The number of amides is 2. The van der Waals surface area contributed by atoms with Gasteiger partial charge in [0, 0.05) is 12.6 Å². The molecule has 0 aliphatic rings. The zero-order valence-corrected chi connectivity index (χ0v) is 12.2. The number of carbonyl (C=O) groups excluding carboxylic acids is 2. The van der Waals surface area contributed by atoms with Crippen LogP contribution in [0, 0.1) is 13.8 Å². The lowest BCUT2D eigenvalue weighted by molar-refractivity contribution is 0.0883. The third kappa shape index (κ3) is 3.98. The standard InChI is InChI=1S/C15H18N2O4/c1-9(17-15(19)13-7-5-11(3)21-13)8-16-14(18)12-6-4-10(2)20-12/h4-7,9H,8H2,1-3H3,(H,16,18)(H,17,19)/t9-/m1/s1. The highest BCUT2D eigenvalue weighted by molar-refractivity contribution is 5.92. The number of rotatable bonds is 5. The number of hydrogen-bond donors (Lipinski definition) is 2. The van der Waals surface area contributed by atoms with Gasteiger partial charge in [-0.15, -0.1) is 0 Å². The maximum atomic E-state index is 11.9. The minimum absolute atomic E-state index is 0.233. The highest BCUT2D eigenvalue weighted by atomic mass is 16.4. The third-order valence-electron chi connectivity index (χ3n) is 2.87. The van der Waals surface area contributed by atoms with E-state index in [9.17, 15) is 9.59 Å². The maximum absolute atomic E-state index is 11.9. The number of carbonyl (C=O) groups is 2. The van der Waals surface area contributed by atoms with Crippen LogP contribution in [0.5, 0.6) is 0 Å². The topological polar surface area (TPSA) is 84.5 Å². The van der Waals surface area contributed by atoms with Crippen LogP contribution in [0.4, 0.5) is 0 Å². The van der Waals surface area contributed by atoms with Gasteiger partial charge in [-0.25, -0.2) is 0 Å². The highest BCUT2D eigenvalue weighted by Gasteiger charge is 2.15. The molecular formula is C15H18N2O4. The summed E-state index contributed by atoms with van der Waals surface area (Å²) >= 11 is 0. The number of furan rings is 2. The summed E-state index contributed by atoms with van der Waals surface area (Å²) in [5.74, 6) is 1.25. The molecule has 2 amide bonds. The quantitative estimate of drug-likeness (QED) is 0.882. The van der Waals surface area contributed by atoms with Gasteiger partial charge < -0.3 is 19.5 Å². The van der Waals surface area contributed by atoms with Crippen molar-refractivity contribution in [2.45, 2.75) is 26.8 Å². The highest BCUT2D eigenvalue weighted by Crippen LogP contribution is 2.07. The smallest absolute Gasteiger partial charge is 0.287 e. The van der Waals surface area contributed by atoms with Crippen LogP contribution in [0.2, 0.25) is 0 Å². The molecule has 6 nitrogen and oxygen atoms in total. The first-order valence-corrected chi connectivity index (χ1v) is 6.67. The summed E-state index contributed by atoms with van der Waals surface area (Å²) in [6.45, 7) is 5.63. The summed E-state index contributed by atoms with van der Waals surface area (Å²) in [5, 5.41) is 5.44. The first-order chi connectivity index (χ1) is 9.95. The number of aryl methyl sites for hydroxylation is 2. The van der Waals surface area contributed by atoms with E-state index in [0.717, 1.165) is 0 Å². The Kier molecular flexibility index (Phi) is 4.47. The van der Waals surface area contributed by atoms with Gasteiger partial charge in [0.05, 0.1) is 0 Å². The Balaban J connectivity index is 1.80. The van der Waals surface area contributed by atoms with Crippen LogP contribution in [0.1, 0.15) is 39.6 Å². The fourth-order valence-corrected chi connectivity index (χ4v) is 1.79. The van der Waals surface area contributed by atoms with E-state index in [0.29, 0.717) is 18.1 Å². The molecule has 112 valence electrons. The molecule has 2 heterocycles. The van der Waals surface area contributed by atoms with E-state index in [1.807, 2.05) is 0 Å². The van der Waals surface area contributed by atoms with Gasteiger partial charge in [-0.3, -0.25) is 9.59 Å². The van der Waals surface area contributed by atoms with E-state index in [-0.39, 0.29) is 29.4 Å². The number of hydrogen-bond acceptors (Lipinski definition) is 4. The molecule has 0 saturated heterocycles. The van der Waals surface area contributed by atoms with Gasteiger partial charge >= 0.3 is 0 Å². The van der Waals surface area contributed by atoms with Gasteiger partial charge in [0.25, 0.3) is 11.8 Å². The van der Waals surface area contributed by atoms with Crippen LogP contribution in [-0.2, 0) is 0 Å². The van der Waals surface area contributed by atoms with Crippen molar-refractivity contribution in [3.8, 4) is 0 Å². The lowest BCUT2D eigenvalue weighted by Gasteiger charge is -2.13. The second-order valence-corrected chi connectivity index (χ2v) is 4.91. The Hall–Kier alpha value is -2.50. The van der Waals surface area contributed by atoms with Crippen molar-refractivity contribution in [1.29, 1.82) is 0 Å². The van der Waals surface area contributed by atoms with Gasteiger partial charge in [-0.1, -0.05) is 0 Å². The van der Waals surface area contributed by atoms with Crippen molar-refractivity contribution >= 4 is 11.8 Å². The minimum atomic E-state index is -0.307. The summed E-state index contributed by atoms with van der Waals surface area (Å²) in [4.78, 5) is 23.6. The van der Waals surface area contributed by atoms with Gasteiger partial charge in [0.2, 0.25) is 0 Å². The lowest BCUT2D eigenvalue weighted by atomic mass is 10.3. The van der Waals surface area contributed by atoms with Crippen molar-refractivity contribution in [1.82, 2.24) is 10.6 Å². The van der Waals surface area contributed by atoms with Gasteiger partial charge in [0.1, 0.15) is 11.5 Å². The van der Waals surface area contributed by atoms with Gasteiger partial charge in [-0.05, 0) is 45.0 Å². The molecule has 0 aliphatic carbocycles. The van der Waals surface area contributed by atoms with Gasteiger partial charge in [-0.2, -0.15) is 0 Å². The van der Waals surface area contributed by atoms with Crippen molar-refractivity contribution in [2.75, 3.05) is 6.54 Å². The average molecular weight is 290 g/mol. The maximum Gasteiger partial charge on any atom is 0.287 e. The van der Waals surface area contributed by atoms with E-state index in [4.69, 9.17) is 8.83 Å². The molecule has 1 atom stereocenters. The molecule has 0 spiro atoms. The van der Waals surface area contributed by atoms with Crippen LogP contribution in [0.25, 0.3) is 0 Å². The first-order valence-electron chi connectivity index (χ1n) is 6.67. The third-order valence-corrected chi connectivity index (χ3v) is 2.87. The van der Waals surface area contributed by atoms with Crippen molar-refractivity contribution < 1.29 is 18.4 Å². The molecule has 0 radical (unpaired) electrons. The second kappa shape index (κ2) is 6.30. The molecule has 21 heavy (non-hydrogen) atoms. The first kappa shape index (κ1) is 14.9. The Labute approximate surface area is 122 Å². The van der Waals surface area contributed by atoms with Crippen molar-refractivity contribution in [2.24, 2.45) is 0 Å². The van der Waals surface area contributed by atoms with E-state index in [1.165, 1.54) is 0 Å². The summed E-state index contributed by atoms with van der Waals surface area (Å²) < 4.78 is 10.4. The van der Waals surface area contributed by atoms with Crippen LogP contribution in [0.3, 0.4) is 0 Å². The summed E-state index contributed by atoms with van der Waals surface area (Å²) in [6, 6.07) is 6.43. The van der Waals surface area contributed by atoms with E-state index in [2.05, 4.69) is 10.6 Å². The largest absolute Gasteiger partial charge is 0.456 e. The molecule has 2 aromatic rings. The lowest BCUT2D eigenvalue weighted by Crippen LogP contribution is -2.41. The monoisotopic (exact) mass is 290 g/mol. The molecule has 0 unspecified atom stereocenters. The molecule has 0 aliphatic heterocycles. The Bertz CT molecular complexity index is 642.